The third-order valence-electron chi connectivity index (χ3n) is 3.59. The lowest BCUT2D eigenvalue weighted by molar-refractivity contribution is 0.0467. The second-order valence-corrected chi connectivity index (χ2v) is 5.25. The molecule has 0 bridgehead atoms. The topological polar surface area (TPSA) is 69.9 Å². The number of esters is 1. The van der Waals surface area contributed by atoms with Gasteiger partial charge in [0.2, 0.25) is 0 Å². The molecule has 0 aliphatic carbocycles. The largest absolute Gasteiger partial charge is 0.497 e. The number of hydrogen-bond acceptors (Lipinski definition) is 5. The molecule has 3 aromatic rings. The average molecular weight is 324 g/mol. The molecule has 0 atom stereocenters. The van der Waals surface area contributed by atoms with Crippen LogP contribution in [-0.4, -0.2) is 22.5 Å². The van der Waals surface area contributed by atoms with Gasteiger partial charge in [0, 0.05) is 11.8 Å². The first-order valence-electron chi connectivity index (χ1n) is 7.38. The first-order chi connectivity index (χ1) is 11.6. The molecule has 2 aromatic heterocycles. The standard InChI is InChI=1S/C18H16N2O4/c1-12-5-3-8-16-19-14(10-17(21)20(12)16)11-24-18(22)13-6-4-7-15(9-13)23-2/h3-10H,11H2,1-2H3. The van der Waals surface area contributed by atoms with Crippen molar-refractivity contribution in [2.45, 2.75) is 13.5 Å². The molecule has 0 fully saturated rings. The van der Waals surface area contributed by atoms with Gasteiger partial charge in [-0.15, -0.1) is 0 Å². The molecule has 0 aliphatic rings. The van der Waals surface area contributed by atoms with Gasteiger partial charge in [-0.2, -0.15) is 0 Å². The highest BCUT2D eigenvalue weighted by Crippen LogP contribution is 2.14. The first-order valence-corrected chi connectivity index (χ1v) is 7.38. The highest BCUT2D eigenvalue weighted by atomic mass is 16.5. The Morgan fingerprint density at radius 1 is 1.17 bits per heavy atom. The van der Waals surface area contributed by atoms with E-state index >= 15 is 0 Å². The van der Waals surface area contributed by atoms with Crippen LogP contribution in [0.15, 0.2) is 53.3 Å². The monoisotopic (exact) mass is 324 g/mol. The zero-order valence-electron chi connectivity index (χ0n) is 13.4. The van der Waals surface area contributed by atoms with E-state index in [4.69, 9.17) is 9.47 Å². The van der Waals surface area contributed by atoms with Crippen molar-refractivity contribution < 1.29 is 14.3 Å². The van der Waals surface area contributed by atoms with E-state index < -0.39 is 5.97 Å². The van der Waals surface area contributed by atoms with Crippen LogP contribution in [0, 0.1) is 6.92 Å². The molecular formula is C18H16N2O4. The molecule has 24 heavy (non-hydrogen) atoms. The van der Waals surface area contributed by atoms with Crippen LogP contribution in [-0.2, 0) is 11.3 Å². The van der Waals surface area contributed by atoms with Gasteiger partial charge in [0.15, 0.2) is 0 Å². The normalized spacial score (nSPS) is 10.6. The van der Waals surface area contributed by atoms with Gasteiger partial charge >= 0.3 is 5.97 Å². The highest BCUT2D eigenvalue weighted by Gasteiger charge is 2.10. The summed E-state index contributed by atoms with van der Waals surface area (Å²) in [6.07, 6.45) is 0. The number of ether oxygens (including phenoxy) is 2. The quantitative estimate of drug-likeness (QED) is 0.689. The summed E-state index contributed by atoms with van der Waals surface area (Å²) in [5, 5.41) is 0. The number of carbonyl (C=O) groups is 1. The maximum absolute atomic E-state index is 12.2. The van der Waals surface area contributed by atoms with Crippen LogP contribution in [0.3, 0.4) is 0 Å². The number of methoxy groups -OCH3 is 1. The van der Waals surface area contributed by atoms with Crippen molar-refractivity contribution in [2.24, 2.45) is 0 Å². The minimum atomic E-state index is -0.500. The van der Waals surface area contributed by atoms with Crippen LogP contribution >= 0.6 is 0 Å². The van der Waals surface area contributed by atoms with Crippen molar-refractivity contribution in [3.63, 3.8) is 0 Å². The number of nitrogens with zero attached hydrogens (tertiary/aromatic N) is 2. The smallest absolute Gasteiger partial charge is 0.338 e. The number of carbonyl (C=O) groups excluding carboxylic acids is 1. The van der Waals surface area contributed by atoms with Gasteiger partial charge in [0.1, 0.15) is 18.0 Å². The molecule has 0 amide bonds. The van der Waals surface area contributed by atoms with E-state index in [1.807, 2.05) is 19.1 Å². The zero-order chi connectivity index (χ0) is 17.1. The summed E-state index contributed by atoms with van der Waals surface area (Å²) in [7, 11) is 1.53. The number of fused-ring (bicyclic) bond motifs is 1. The Bertz CT molecular complexity index is 963. The Morgan fingerprint density at radius 3 is 2.75 bits per heavy atom. The van der Waals surface area contributed by atoms with Gasteiger partial charge in [0.05, 0.1) is 18.4 Å². The minimum absolute atomic E-state index is 0.0737. The number of aromatic nitrogens is 2. The lowest BCUT2D eigenvalue weighted by atomic mass is 10.2. The average Bonchev–Trinajstić information content (AvgIpc) is 2.59. The fraction of sp³-hybridized carbons (Fsp3) is 0.167. The molecule has 122 valence electrons. The zero-order valence-corrected chi connectivity index (χ0v) is 13.4. The second-order valence-electron chi connectivity index (χ2n) is 5.25. The fourth-order valence-electron chi connectivity index (χ4n) is 2.41. The van der Waals surface area contributed by atoms with Crippen molar-refractivity contribution >= 4 is 11.6 Å². The van der Waals surface area contributed by atoms with Crippen molar-refractivity contribution in [2.75, 3.05) is 7.11 Å². The van der Waals surface area contributed by atoms with E-state index in [0.717, 1.165) is 5.69 Å². The molecule has 0 N–H and O–H groups in total. The Kier molecular flexibility index (Phi) is 4.29. The van der Waals surface area contributed by atoms with E-state index in [-0.39, 0.29) is 12.2 Å². The second kappa shape index (κ2) is 6.54. The van der Waals surface area contributed by atoms with Crippen molar-refractivity contribution in [1.82, 2.24) is 9.38 Å². The van der Waals surface area contributed by atoms with Gasteiger partial charge in [-0.05, 0) is 37.3 Å². The molecule has 0 unspecified atom stereocenters. The molecule has 0 aliphatic heterocycles. The van der Waals surface area contributed by atoms with Gasteiger partial charge in [0.25, 0.3) is 5.56 Å². The number of rotatable bonds is 4. The molecule has 0 saturated carbocycles. The Labute approximate surface area is 138 Å². The van der Waals surface area contributed by atoms with Crippen LogP contribution in [0.4, 0.5) is 0 Å². The number of aryl methyl sites for hydroxylation is 1. The van der Waals surface area contributed by atoms with Crippen molar-refractivity contribution in [3.8, 4) is 5.75 Å². The lowest BCUT2D eigenvalue weighted by Gasteiger charge is -2.08. The van der Waals surface area contributed by atoms with Gasteiger partial charge in [-0.1, -0.05) is 12.1 Å². The summed E-state index contributed by atoms with van der Waals surface area (Å²) in [6.45, 7) is 1.76. The molecular weight excluding hydrogens is 308 g/mol. The Balaban J connectivity index is 1.80. The van der Waals surface area contributed by atoms with Gasteiger partial charge in [-0.25, -0.2) is 9.78 Å². The minimum Gasteiger partial charge on any atom is -0.497 e. The molecule has 0 saturated heterocycles. The summed E-state index contributed by atoms with van der Waals surface area (Å²) in [5.41, 5.74) is 1.90. The summed E-state index contributed by atoms with van der Waals surface area (Å²) < 4.78 is 11.8. The van der Waals surface area contributed by atoms with Gasteiger partial charge < -0.3 is 9.47 Å². The van der Waals surface area contributed by atoms with E-state index in [1.54, 1.807) is 30.3 Å². The first kappa shape index (κ1) is 15.7. The molecule has 6 nitrogen and oxygen atoms in total. The third-order valence-corrected chi connectivity index (χ3v) is 3.59. The summed E-state index contributed by atoms with van der Waals surface area (Å²) >= 11 is 0. The van der Waals surface area contributed by atoms with Crippen LogP contribution < -0.4 is 10.3 Å². The van der Waals surface area contributed by atoms with Crippen LogP contribution in [0.2, 0.25) is 0 Å². The summed E-state index contributed by atoms with van der Waals surface area (Å²) in [4.78, 5) is 28.6. The molecule has 0 radical (unpaired) electrons. The van der Waals surface area contributed by atoms with Crippen molar-refractivity contribution in [1.29, 1.82) is 0 Å². The summed E-state index contributed by atoms with van der Waals surface area (Å²) in [5.74, 6) is 0.0714. The predicted molar refractivity (Wildman–Crippen MR) is 88.3 cm³/mol. The van der Waals surface area contributed by atoms with E-state index in [9.17, 15) is 9.59 Å². The van der Waals surface area contributed by atoms with Crippen LogP contribution in [0.1, 0.15) is 21.7 Å². The number of hydrogen-bond donors (Lipinski definition) is 0. The van der Waals surface area contributed by atoms with Crippen LogP contribution in [0.25, 0.3) is 5.65 Å². The predicted octanol–water partition coefficient (Wildman–Crippen LogP) is 2.37. The highest BCUT2D eigenvalue weighted by molar-refractivity contribution is 5.89. The number of benzene rings is 1. The fourth-order valence-corrected chi connectivity index (χ4v) is 2.41. The Hall–Kier alpha value is -3.15. The maximum Gasteiger partial charge on any atom is 0.338 e. The molecule has 2 heterocycles. The van der Waals surface area contributed by atoms with Gasteiger partial charge in [-0.3, -0.25) is 9.20 Å². The molecule has 3 rings (SSSR count). The maximum atomic E-state index is 12.2. The molecule has 6 heteroatoms. The number of pyridine rings is 1. The van der Waals surface area contributed by atoms with E-state index in [2.05, 4.69) is 4.98 Å². The Morgan fingerprint density at radius 2 is 1.96 bits per heavy atom. The SMILES string of the molecule is COc1cccc(C(=O)OCc2cc(=O)n3c(C)cccc3n2)c1. The molecule has 1 aromatic carbocycles. The molecule has 0 spiro atoms. The van der Waals surface area contributed by atoms with Crippen LogP contribution in [0.5, 0.6) is 5.75 Å². The summed E-state index contributed by atoms with van der Waals surface area (Å²) in [6, 6.07) is 13.4. The van der Waals surface area contributed by atoms with E-state index in [1.165, 1.54) is 17.6 Å². The third kappa shape index (κ3) is 3.12. The van der Waals surface area contributed by atoms with Crippen molar-refractivity contribution in [3.05, 3.63) is 75.8 Å². The van der Waals surface area contributed by atoms with E-state index in [0.29, 0.717) is 22.7 Å². The lowest BCUT2D eigenvalue weighted by Crippen LogP contribution is -2.18.